The van der Waals surface area contributed by atoms with Crippen molar-refractivity contribution in [2.75, 3.05) is 13.7 Å². The van der Waals surface area contributed by atoms with Crippen molar-refractivity contribution in [2.24, 2.45) is 0 Å². The fourth-order valence-corrected chi connectivity index (χ4v) is 3.45. The van der Waals surface area contributed by atoms with Gasteiger partial charge >= 0.3 is 5.97 Å². The third-order valence-corrected chi connectivity index (χ3v) is 5.17. The molecule has 0 aliphatic carbocycles. The van der Waals surface area contributed by atoms with E-state index in [1.165, 1.54) is 11.3 Å². The highest BCUT2D eigenvalue weighted by Gasteiger charge is 2.18. The van der Waals surface area contributed by atoms with Gasteiger partial charge in [-0.3, -0.25) is 4.79 Å². The third kappa shape index (κ3) is 4.95. The van der Waals surface area contributed by atoms with Crippen molar-refractivity contribution in [1.29, 1.82) is 0 Å². The van der Waals surface area contributed by atoms with Crippen LogP contribution >= 0.6 is 11.3 Å². The normalized spacial score (nSPS) is 10.4. The molecular weight excluding hydrogens is 376 g/mol. The zero-order valence-electron chi connectivity index (χ0n) is 15.6. The third-order valence-electron chi connectivity index (χ3n) is 3.99. The number of esters is 1. The van der Waals surface area contributed by atoms with Crippen LogP contribution < -0.4 is 10.1 Å². The standard InChI is InChI=1S/C21H20N2O4S/c1-14-19(28-20(23-14)16-6-4-3-5-7-16)21(25)27-13-18(24)22-12-15-8-10-17(26-2)11-9-15/h3-11H,12-13H2,1-2H3,(H,22,24). The highest BCUT2D eigenvalue weighted by Crippen LogP contribution is 2.28. The smallest absolute Gasteiger partial charge is 0.350 e. The molecule has 0 aliphatic heterocycles. The minimum absolute atomic E-state index is 0.340. The van der Waals surface area contributed by atoms with Gasteiger partial charge in [0.15, 0.2) is 6.61 Å². The van der Waals surface area contributed by atoms with E-state index in [0.29, 0.717) is 17.1 Å². The molecule has 0 unspecified atom stereocenters. The molecule has 0 atom stereocenters. The van der Waals surface area contributed by atoms with Crippen LogP contribution in [0, 0.1) is 6.92 Å². The minimum atomic E-state index is -0.545. The number of methoxy groups -OCH3 is 1. The summed E-state index contributed by atoms with van der Waals surface area (Å²) in [5.41, 5.74) is 2.45. The molecule has 0 bridgehead atoms. The van der Waals surface area contributed by atoms with Gasteiger partial charge in [0, 0.05) is 12.1 Å². The van der Waals surface area contributed by atoms with E-state index in [9.17, 15) is 9.59 Å². The van der Waals surface area contributed by atoms with Crippen LogP contribution in [0.1, 0.15) is 20.9 Å². The van der Waals surface area contributed by atoms with E-state index in [-0.39, 0.29) is 12.5 Å². The first-order chi connectivity index (χ1) is 13.6. The molecule has 6 nitrogen and oxygen atoms in total. The van der Waals surface area contributed by atoms with E-state index in [2.05, 4.69) is 10.3 Å². The lowest BCUT2D eigenvalue weighted by Crippen LogP contribution is -2.28. The second kappa shape index (κ2) is 9.14. The molecule has 3 rings (SSSR count). The molecule has 144 valence electrons. The van der Waals surface area contributed by atoms with Crippen LogP contribution in [-0.4, -0.2) is 30.6 Å². The molecular formula is C21H20N2O4S. The lowest BCUT2D eigenvalue weighted by atomic mass is 10.2. The molecule has 0 aliphatic rings. The summed E-state index contributed by atoms with van der Waals surface area (Å²) >= 11 is 1.26. The van der Waals surface area contributed by atoms with Gasteiger partial charge in [-0.2, -0.15) is 0 Å². The Bertz CT molecular complexity index is 952. The Morgan fingerprint density at radius 3 is 2.46 bits per heavy atom. The Balaban J connectivity index is 1.52. The van der Waals surface area contributed by atoms with Gasteiger partial charge in [-0.15, -0.1) is 11.3 Å². The number of aromatic nitrogens is 1. The van der Waals surface area contributed by atoms with E-state index in [1.54, 1.807) is 14.0 Å². The molecule has 0 saturated carbocycles. The first kappa shape index (κ1) is 19.6. The predicted molar refractivity (Wildman–Crippen MR) is 107 cm³/mol. The Hall–Kier alpha value is -3.19. The Morgan fingerprint density at radius 1 is 1.07 bits per heavy atom. The zero-order chi connectivity index (χ0) is 19.9. The molecule has 1 N–H and O–H groups in total. The Morgan fingerprint density at radius 2 is 1.79 bits per heavy atom. The number of nitrogens with one attached hydrogen (secondary N) is 1. The number of carbonyl (C=O) groups is 2. The molecule has 1 aromatic heterocycles. The SMILES string of the molecule is COc1ccc(CNC(=O)COC(=O)c2sc(-c3ccccc3)nc2C)cc1. The van der Waals surface area contributed by atoms with Gasteiger partial charge < -0.3 is 14.8 Å². The topological polar surface area (TPSA) is 77.5 Å². The molecule has 0 saturated heterocycles. The maximum atomic E-state index is 12.3. The maximum Gasteiger partial charge on any atom is 0.350 e. The molecule has 7 heteroatoms. The van der Waals surface area contributed by atoms with Crippen molar-refractivity contribution < 1.29 is 19.1 Å². The number of carbonyl (C=O) groups excluding carboxylic acids is 2. The number of benzene rings is 2. The van der Waals surface area contributed by atoms with Crippen molar-refractivity contribution in [1.82, 2.24) is 10.3 Å². The second-order valence-electron chi connectivity index (χ2n) is 6.00. The average molecular weight is 396 g/mol. The molecule has 2 aromatic carbocycles. The molecule has 1 heterocycles. The van der Waals surface area contributed by atoms with Gasteiger partial charge in [-0.05, 0) is 24.6 Å². The number of aryl methyl sites for hydroxylation is 1. The number of hydrogen-bond donors (Lipinski definition) is 1. The number of amides is 1. The number of hydrogen-bond acceptors (Lipinski definition) is 6. The van der Waals surface area contributed by atoms with Crippen molar-refractivity contribution in [3.63, 3.8) is 0 Å². The van der Waals surface area contributed by atoms with Gasteiger partial charge in [0.05, 0.1) is 12.8 Å². The lowest BCUT2D eigenvalue weighted by molar-refractivity contribution is -0.124. The fourth-order valence-electron chi connectivity index (χ4n) is 2.48. The number of rotatable bonds is 7. The first-order valence-electron chi connectivity index (χ1n) is 8.66. The molecule has 28 heavy (non-hydrogen) atoms. The molecule has 3 aromatic rings. The first-order valence-corrected chi connectivity index (χ1v) is 9.48. The zero-order valence-corrected chi connectivity index (χ0v) is 16.4. The highest BCUT2D eigenvalue weighted by molar-refractivity contribution is 7.17. The average Bonchev–Trinajstić information content (AvgIpc) is 3.13. The quantitative estimate of drug-likeness (QED) is 0.618. The van der Waals surface area contributed by atoms with Crippen LogP contribution in [0.2, 0.25) is 0 Å². The molecule has 0 radical (unpaired) electrons. The summed E-state index contributed by atoms with van der Waals surface area (Å²) in [4.78, 5) is 29.1. The van der Waals surface area contributed by atoms with Crippen LogP contribution in [0.5, 0.6) is 5.75 Å². The van der Waals surface area contributed by atoms with Crippen LogP contribution in [0.25, 0.3) is 10.6 Å². The van der Waals surface area contributed by atoms with Crippen molar-refractivity contribution >= 4 is 23.2 Å². The highest BCUT2D eigenvalue weighted by atomic mass is 32.1. The van der Waals surface area contributed by atoms with E-state index >= 15 is 0 Å². The summed E-state index contributed by atoms with van der Waals surface area (Å²) in [6.45, 7) is 1.76. The van der Waals surface area contributed by atoms with E-state index in [1.807, 2.05) is 54.6 Å². The van der Waals surface area contributed by atoms with Crippen LogP contribution in [0.15, 0.2) is 54.6 Å². The minimum Gasteiger partial charge on any atom is -0.497 e. The van der Waals surface area contributed by atoms with Gasteiger partial charge in [0.2, 0.25) is 0 Å². The monoisotopic (exact) mass is 396 g/mol. The van der Waals surface area contributed by atoms with Crippen molar-refractivity contribution in [3.8, 4) is 16.3 Å². The fraction of sp³-hybridized carbons (Fsp3) is 0.190. The second-order valence-corrected chi connectivity index (χ2v) is 7.00. The predicted octanol–water partition coefficient (Wildman–Crippen LogP) is 3.60. The summed E-state index contributed by atoms with van der Waals surface area (Å²) in [6, 6.07) is 17.0. The largest absolute Gasteiger partial charge is 0.497 e. The molecule has 1 amide bonds. The van der Waals surface area contributed by atoms with Crippen molar-refractivity contribution in [2.45, 2.75) is 13.5 Å². The van der Waals surface area contributed by atoms with Crippen LogP contribution in [-0.2, 0) is 16.1 Å². The van der Waals surface area contributed by atoms with Crippen LogP contribution in [0.4, 0.5) is 0 Å². The summed E-state index contributed by atoms with van der Waals surface area (Å²) < 4.78 is 10.2. The van der Waals surface area contributed by atoms with Gasteiger partial charge in [-0.25, -0.2) is 9.78 Å². The van der Waals surface area contributed by atoms with E-state index in [0.717, 1.165) is 21.9 Å². The Labute approximate surface area is 167 Å². The lowest BCUT2D eigenvalue weighted by Gasteiger charge is -2.07. The van der Waals surface area contributed by atoms with Gasteiger partial charge in [-0.1, -0.05) is 42.5 Å². The van der Waals surface area contributed by atoms with Crippen LogP contribution in [0.3, 0.4) is 0 Å². The van der Waals surface area contributed by atoms with E-state index < -0.39 is 5.97 Å². The molecule has 0 fully saturated rings. The summed E-state index contributed by atoms with van der Waals surface area (Å²) in [7, 11) is 1.60. The summed E-state index contributed by atoms with van der Waals surface area (Å²) in [6.07, 6.45) is 0. The van der Waals surface area contributed by atoms with Gasteiger partial charge in [0.1, 0.15) is 15.6 Å². The summed E-state index contributed by atoms with van der Waals surface area (Å²) in [5.74, 6) is -0.162. The summed E-state index contributed by atoms with van der Waals surface area (Å²) in [5, 5.41) is 3.46. The number of ether oxygens (including phenoxy) is 2. The Kier molecular flexibility index (Phi) is 6.39. The van der Waals surface area contributed by atoms with Gasteiger partial charge in [0.25, 0.3) is 5.91 Å². The molecule has 0 spiro atoms. The number of nitrogens with zero attached hydrogens (tertiary/aromatic N) is 1. The maximum absolute atomic E-state index is 12.3. The number of thiazole rings is 1. The van der Waals surface area contributed by atoms with E-state index in [4.69, 9.17) is 9.47 Å². The van der Waals surface area contributed by atoms with Crippen molar-refractivity contribution in [3.05, 3.63) is 70.7 Å².